The van der Waals surface area contributed by atoms with Crippen LogP contribution in [0.3, 0.4) is 0 Å². The van der Waals surface area contributed by atoms with Crippen LogP contribution in [-0.4, -0.2) is 203 Å². The Bertz CT molecular complexity index is 7440. The zero-order valence-electron chi connectivity index (χ0n) is 93.4. The molecular weight excluding hydrogens is 1990 g/mol. The number of benzene rings is 8. The molecule has 0 aliphatic carbocycles. The first-order valence-corrected chi connectivity index (χ1v) is 59.1. The second-order valence-electron chi connectivity index (χ2n) is 43.5. The zero-order valence-corrected chi connectivity index (χ0v) is 98.1. The Kier molecular flexibility index (Phi) is 36.8. The van der Waals surface area contributed by atoms with Crippen molar-refractivity contribution in [2.24, 2.45) is 47.3 Å². The molecule has 150 heavy (non-hydrogen) atoms. The van der Waals surface area contributed by atoms with E-state index in [0.717, 1.165) is 213 Å². The van der Waals surface area contributed by atoms with Gasteiger partial charge in [0.15, 0.2) is 46.0 Å². The van der Waals surface area contributed by atoms with E-state index in [9.17, 15) is 0 Å². The van der Waals surface area contributed by atoms with Crippen LogP contribution in [0.5, 0.6) is 46.0 Å². The summed E-state index contributed by atoms with van der Waals surface area (Å²) in [7, 11) is 0. The minimum Gasteiger partial charge on any atom is -0.492 e. The summed E-state index contributed by atoms with van der Waals surface area (Å²) in [4.78, 5) is 57.4. The maximum absolute atomic E-state index is 8.61. The Balaban J connectivity index is 0.0000153. The SMILES string of the molecule is CCN(CC)CCN1c2ccccc2Sc2c(OCCC(C)C)c3c(c(OCCC(C)C)c21)-c1nc-3nc2[n-]c(nc3c4c(OCCC(C)C)c5c(sc6ccccc6n5CCN(CC)CC)c(OCCC(C)C)c4c4nc5c6c(OCCC(C)C)c7c(sc8ccccc8n7CCN(CC)CC)c(OCCC(C)C)c6c(n1)n5o[n+]43)c1c(OCCC(C)C)c3c(c(OCCC(C)C)c21)N(CCN(CC)CC)c1ccccc1S3.[V]. The summed E-state index contributed by atoms with van der Waals surface area (Å²) in [6, 6.07) is 35.3. The summed E-state index contributed by atoms with van der Waals surface area (Å²) < 4.78 is 85.1. The molecule has 0 saturated heterocycles. The number of fused-ring (bicyclic) bond motifs is 24. The van der Waals surface area contributed by atoms with E-state index in [4.69, 9.17) is 72.4 Å². The van der Waals surface area contributed by atoms with Crippen molar-refractivity contribution in [2.75, 3.05) is 154 Å². The molecule has 0 saturated carbocycles. The molecule has 1 radical (unpaired) electrons. The van der Waals surface area contributed by atoms with Crippen LogP contribution in [0.15, 0.2) is 121 Å². The Morgan fingerprint density at radius 2 is 0.660 bits per heavy atom. The molecule has 10 heterocycles. The predicted molar refractivity (Wildman–Crippen MR) is 620 cm³/mol. The van der Waals surface area contributed by atoms with Gasteiger partial charge in [0.2, 0.25) is 5.65 Å². The molecule has 0 fully saturated rings. The van der Waals surface area contributed by atoms with Gasteiger partial charge < -0.3 is 86.4 Å². The first kappa shape index (κ1) is 111. The van der Waals surface area contributed by atoms with Crippen molar-refractivity contribution in [3.05, 3.63) is 97.1 Å². The van der Waals surface area contributed by atoms with Crippen LogP contribution < -0.4 is 57.3 Å². The van der Waals surface area contributed by atoms with E-state index >= 15 is 0 Å². The zero-order chi connectivity index (χ0) is 105. The number of anilines is 4. The second-order valence-corrected chi connectivity index (χ2v) is 47.7. The molecule has 0 unspecified atom stereocenters. The Hall–Kier alpha value is -9.92. The molecule has 25 nitrogen and oxygen atoms in total. The third kappa shape index (κ3) is 22.7. The van der Waals surface area contributed by atoms with Gasteiger partial charge in [0.1, 0.15) is 50.1 Å². The first-order chi connectivity index (χ1) is 72.2. The van der Waals surface area contributed by atoms with Crippen LogP contribution >= 0.6 is 46.2 Å². The summed E-state index contributed by atoms with van der Waals surface area (Å²) in [6.45, 7) is 69.5. The number of hydrogen-bond donors (Lipinski definition) is 0. The molecule has 803 valence electrons. The van der Waals surface area contributed by atoms with E-state index in [2.05, 4.69) is 302 Å². The van der Waals surface area contributed by atoms with Gasteiger partial charge in [-0.05, 0) is 209 Å². The Morgan fingerprint density at radius 3 is 1.11 bits per heavy atom. The largest absolute Gasteiger partial charge is 0.492 e. The van der Waals surface area contributed by atoms with Crippen LogP contribution in [0.1, 0.15) is 218 Å². The van der Waals surface area contributed by atoms with Crippen LogP contribution in [0.4, 0.5) is 22.7 Å². The average Bonchev–Trinajstić information content (AvgIpc) is 1.52. The van der Waals surface area contributed by atoms with Crippen molar-refractivity contribution < 1.29 is 65.7 Å². The van der Waals surface area contributed by atoms with E-state index < -0.39 is 0 Å². The molecular formula is C120H160N16O9S4V. The Morgan fingerprint density at radius 1 is 0.333 bits per heavy atom. The summed E-state index contributed by atoms with van der Waals surface area (Å²) in [5.41, 5.74) is 11.0. The van der Waals surface area contributed by atoms with Gasteiger partial charge in [-0.15, -0.1) is 27.7 Å². The summed E-state index contributed by atoms with van der Waals surface area (Å²) in [5.74, 6) is 7.52. The van der Waals surface area contributed by atoms with E-state index in [-0.39, 0.29) is 77.4 Å². The molecule has 0 atom stereocenters. The molecule has 0 N–H and O–H groups in total. The van der Waals surface area contributed by atoms with E-state index in [1.165, 1.54) is 0 Å². The Labute approximate surface area is 915 Å². The average molecular weight is 2150 g/mol. The van der Waals surface area contributed by atoms with E-state index in [1.807, 2.05) is 9.15 Å². The normalized spacial score (nSPS) is 13.0. The number of likely N-dealkylation sites (N-methyl/N-ethyl adjacent to an activating group) is 4. The van der Waals surface area contributed by atoms with Crippen molar-refractivity contribution in [3.63, 3.8) is 0 Å². The molecule has 0 amide bonds. The third-order valence-corrected chi connectivity index (χ3v) is 34.2. The van der Waals surface area contributed by atoms with Crippen LogP contribution in [0, 0.1) is 47.3 Å². The van der Waals surface area contributed by atoms with E-state index in [0.29, 0.717) is 203 Å². The van der Waals surface area contributed by atoms with Crippen LogP contribution in [0.25, 0.3) is 130 Å². The van der Waals surface area contributed by atoms with Crippen molar-refractivity contribution >= 4 is 176 Å². The van der Waals surface area contributed by atoms with Gasteiger partial charge in [-0.1, -0.05) is 243 Å². The standard InChI is InChI=1S/C120H160N16O9S4.V/c1-25-127(26-2)57-61-131-81-41-33-38-46-86(81)147-110-97(131)101(137-65-49-73(9)10)89-92(106(110)142-70-54-78(19)20)116-122-113(89)121-114-91-90(102(138-66-50-74(11)12)98-109(105(91)141-69-53-77(17)18)146-85-45-37-34-42-82(85)132(98)62-58-128(27-3)28-4)115(123-114)124-118-95-94(104(140-68-52-76(15)16)100-111(107(95)143-71-55-79(21)22)148-87-47-39-36-44-84(87)134(100)64-60-130(31-7)32-8)119-126-120-96-93(117(125-116)135(120)145-136(118)119)103(139-67-51-75(13)14)99-112(108(96)144-72-56-80(23)24)149-88-48-40-35-43-83(88)133(99)63-59-129(29-5)30-6;/h33-48,73-80H,25-32,49-72H2,1-24H3;. The van der Waals surface area contributed by atoms with Crippen LogP contribution in [-0.2, 0) is 31.6 Å². The smallest absolute Gasteiger partial charge is 0.287 e. The minimum absolute atomic E-state index is 0. The van der Waals surface area contributed by atoms with Gasteiger partial charge in [-0.25, -0.2) is 4.98 Å². The van der Waals surface area contributed by atoms with Gasteiger partial charge in [-0.2, -0.15) is 9.61 Å². The molecule has 3 aliphatic rings. The summed E-state index contributed by atoms with van der Waals surface area (Å²) >= 11 is 6.84. The molecule has 15 aromatic rings. The van der Waals surface area contributed by atoms with Gasteiger partial charge >= 0.3 is 0 Å². The van der Waals surface area contributed by atoms with Gasteiger partial charge in [0.25, 0.3) is 16.9 Å². The molecule has 18 rings (SSSR count). The maximum atomic E-state index is 8.61. The molecule has 8 aromatic carbocycles. The number of hydrogen-bond acceptors (Lipinski definition) is 24. The fourth-order valence-corrected chi connectivity index (χ4v) is 25.3. The topological polar surface area (TPSA) is 203 Å². The van der Waals surface area contributed by atoms with Gasteiger partial charge in [0, 0.05) is 91.7 Å². The summed E-state index contributed by atoms with van der Waals surface area (Å²) in [6.07, 6.45) is 5.88. The van der Waals surface area contributed by atoms with Gasteiger partial charge in [-0.3, -0.25) is 0 Å². The third-order valence-electron chi connectivity index (χ3n) is 29.6. The van der Waals surface area contributed by atoms with Crippen LogP contribution in [0.2, 0.25) is 0 Å². The first-order valence-electron chi connectivity index (χ1n) is 55.8. The second kappa shape index (κ2) is 49.7. The number of nitrogens with zero attached hydrogens (tertiary/aromatic N) is 16. The van der Waals surface area contributed by atoms with Crippen molar-refractivity contribution in [1.29, 1.82) is 0 Å². The fraction of sp³-hybridized carbons (Fsp3) is 0.533. The quantitative estimate of drug-likeness (QED) is 0.0257. The molecule has 7 aromatic heterocycles. The number of ether oxygens (including phenoxy) is 8. The van der Waals surface area contributed by atoms with Crippen molar-refractivity contribution in [1.82, 2.24) is 63.2 Å². The molecule has 3 aliphatic heterocycles. The monoisotopic (exact) mass is 2150 g/mol. The maximum Gasteiger partial charge on any atom is 0.287 e. The number of rotatable bonds is 52. The predicted octanol–water partition coefficient (Wildman–Crippen LogP) is 29.2. The molecule has 6 bridgehead atoms. The number of aromatic nitrogens is 10. The number of para-hydroxylation sites is 4. The molecule has 0 spiro atoms. The van der Waals surface area contributed by atoms with Crippen molar-refractivity contribution in [2.45, 2.75) is 250 Å². The minimum atomic E-state index is 0. The van der Waals surface area contributed by atoms with Crippen molar-refractivity contribution in [3.8, 4) is 68.8 Å². The van der Waals surface area contributed by atoms with E-state index in [1.54, 1.807) is 46.2 Å². The molecule has 30 heteroatoms. The fourth-order valence-electron chi connectivity index (χ4n) is 20.5. The van der Waals surface area contributed by atoms with Gasteiger partial charge in [0.05, 0.1) is 132 Å². The summed E-state index contributed by atoms with van der Waals surface area (Å²) in [5, 5.41) is 3.70.